The van der Waals surface area contributed by atoms with Gasteiger partial charge in [-0.2, -0.15) is 5.26 Å². The topological polar surface area (TPSA) is 82.4 Å². The number of nitriles is 1. The van der Waals surface area contributed by atoms with E-state index in [1.807, 2.05) is 25.1 Å². The fourth-order valence-electron chi connectivity index (χ4n) is 2.09. The van der Waals surface area contributed by atoms with Crippen LogP contribution in [0.1, 0.15) is 22.8 Å². The first-order valence-electron chi connectivity index (χ1n) is 7.70. The number of carbonyl (C=O) groups excluding carboxylic acids is 2. The first-order chi connectivity index (χ1) is 11.9. The van der Waals surface area contributed by atoms with Crippen LogP contribution < -0.4 is 10.2 Å². The maximum Gasteiger partial charge on any atom is 0.338 e. The van der Waals surface area contributed by atoms with Crippen LogP contribution in [0.3, 0.4) is 0 Å². The molecule has 0 saturated heterocycles. The lowest BCUT2D eigenvalue weighted by Gasteiger charge is -2.15. The van der Waals surface area contributed by atoms with Gasteiger partial charge in [-0.1, -0.05) is 6.07 Å². The molecule has 0 spiro atoms. The van der Waals surface area contributed by atoms with Crippen molar-refractivity contribution in [3.05, 3.63) is 59.7 Å². The van der Waals surface area contributed by atoms with Crippen molar-refractivity contribution >= 4 is 23.3 Å². The first kappa shape index (κ1) is 18.0. The van der Waals surface area contributed by atoms with Gasteiger partial charge in [0.15, 0.2) is 6.10 Å². The Hall–Kier alpha value is -3.33. The van der Waals surface area contributed by atoms with Gasteiger partial charge >= 0.3 is 5.97 Å². The summed E-state index contributed by atoms with van der Waals surface area (Å²) in [6.07, 6.45) is -0.966. The Kier molecular flexibility index (Phi) is 5.75. The highest BCUT2D eigenvalue weighted by Crippen LogP contribution is 2.14. The zero-order valence-electron chi connectivity index (χ0n) is 14.3. The molecule has 0 bridgehead atoms. The Morgan fingerprint density at radius 1 is 1.16 bits per heavy atom. The van der Waals surface area contributed by atoms with E-state index in [9.17, 15) is 9.59 Å². The Morgan fingerprint density at radius 3 is 2.44 bits per heavy atom. The van der Waals surface area contributed by atoms with Crippen molar-refractivity contribution in [2.24, 2.45) is 0 Å². The molecule has 1 amide bonds. The second-order valence-electron chi connectivity index (χ2n) is 5.67. The van der Waals surface area contributed by atoms with Gasteiger partial charge in [0.2, 0.25) is 0 Å². The highest BCUT2D eigenvalue weighted by Gasteiger charge is 2.19. The average Bonchev–Trinajstić information content (AvgIpc) is 2.61. The molecule has 0 saturated carbocycles. The summed E-state index contributed by atoms with van der Waals surface area (Å²) in [5.41, 5.74) is 2.24. The number of rotatable bonds is 5. The summed E-state index contributed by atoms with van der Waals surface area (Å²) in [5.74, 6) is -1.04. The standard InChI is InChI=1S/C19H19N3O3/c1-13(18(23)21-16-6-4-5-14(11-16)12-20)25-19(24)15-7-9-17(10-8-15)22(2)3/h4-11,13H,1-3H3,(H,21,23)/t13-/m0/s1. The fraction of sp³-hybridized carbons (Fsp3) is 0.211. The molecular formula is C19H19N3O3. The highest BCUT2D eigenvalue weighted by molar-refractivity contribution is 5.97. The third-order valence-corrected chi connectivity index (χ3v) is 3.53. The molecule has 2 aromatic carbocycles. The number of benzene rings is 2. The number of hydrogen-bond acceptors (Lipinski definition) is 5. The van der Waals surface area contributed by atoms with Crippen LogP contribution in [0.15, 0.2) is 48.5 Å². The molecule has 0 aromatic heterocycles. The van der Waals surface area contributed by atoms with Gasteiger partial charge in [-0.05, 0) is 49.4 Å². The number of amides is 1. The minimum Gasteiger partial charge on any atom is -0.449 e. The average molecular weight is 337 g/mol. The van der Waals surface area contributed by atoms with E-state index in [1.165, 1.54) is 6.92 Å². The van der Waals surface area contributed by atoms with Crippen LogP contribution in [0.4, 0.5) is 11.4 Å². The zero-order valence-corrected chi connectivity index (χ0v) is 14.3. The molecule has 0 aliphatic heterocycles. The molecule has 6 heteroatoms. The van der Waals surface area contributed by atoms with Crippen molar-refractivity contribution in [1.29, 1.82) is 5.26 Å². The lowest BCUT2D eigenvalue weighted by atomic mass is 10.2. The largest absolute Gasteiger partial charge is 0.449 e. The summed E-state index contributed by atoms with van der Waals surface area (Å²) in [7, 11) is 3.81. The van der Waals surface area contributed by atoms with Crippen molar-refractivity contribution in [1.82, 2.24) is 0 Å². The minimum absolute atomic E-state index is 0.372. The van der Waals surface area contributed by atoms with Gasteiger partial charge in [-0.25, -0.2) is 4.79 Å². The number of hydrogen-bond donors (Lipinski definition) is 1. The molecule has 6 nitrogen and oxygen atoms in total. The molecule has 0 radical (unpaired) electrons. The van der Waals surface area contributed by atoms with Crippen LogP contribution in [0.5, 0.6) is 0 Å². The van der Waals surface area contributed by atoms with Crippen molar-refractivity contribution in [3.63, 3.8) is 0 Å². The second kappa shape index (κ2) is 7.97. The van der Waals surface area contributed by atoms with Gasteiger partial charge in [0.05, 0.1) is 17.2 Å². The molecule has 1 N–H and O–H groups in total. The Bertz CT molecular complexity index is 807. The van der Waals surface area contributed by atoms with Gasteiger partial charge in [0.25, 0.3) is 5.91 Å². The van der Waals surface area contributed by atoms with Crippen LogP contribution >= 0.6 is 0 Å². The smallest absolute Gasteiger partial charge is 0.338 e. The molecule has 2 aromatic rings. The molecule has 25 heavy (non-hydrogen) atoms. The monoisotopic (exact) mass is 337 g/mol. The lowest BCUT2D eigenvalue weighted by molar-refractivity contribution is -0.123. The van der Waals surface area contributed by atoms with Gasteiger partial charge in [0, 0.05) is 25.5 Å². The molecule has 0 unspecified atom stereocenters. The van der Waals surface area contributed by atoms with Crippen LogP contribution in [0.2, 0.25) is 0 Å². The molecule has 0 heterocycles. The van der Waals surface area contributed by atoms with E-state index in [0.29, 0.717) is 16.8 Å². The van der Waals surface area contributed by atoms with Crippen LogP contribution in [-0.4, -0.2) is 32.1 Å². The minimum atomic E-state index is -0.966. The lowest BCUT2D eigenvalue weighted by Crippen LogP contribution is -2.30. The first-order valence-corrected chi connectivity index (χ1v) is 7.70. The van der Waals surface area contributed by atoms with Crippen molar-refractivity contribution < 1.29 is 14.3 Å². The van der Waals surface area contributed by atoms with Gasteiger partial charge in [0.1, 0.15) is 0 Å². The normalized spacial score (nSPS) is 11.1. The van der Waals surface area contributed by atoms with E-state index in [4.69, 9.17) is 10.00 Å². The number of esters is 1. The van der Waals surface area contributed by atoms with Crippen molar-refractivity contribution in [2.75, 3.05) is 24.3 Å². The molecular weight excluding hydrogens is 318 g/mol. The second-order valence-corrected chi connectivity index (χ2v) is 5.67. The summed E-state index contributed by atoms with van der Waals surface area (Å²) < 4.78 is 5.20. The van der Waals surface area contributed by atoms with E-state index >= 15 is 0 Å². The van der Waals surface area contributed by atoms with Crippen LogP contribution in [0, 0.1) is 11.3 Å². The zero-order chi connectivity index (χ0) is 18.4. The summed E-state index contributed by atoms with van der Waals surface area (Å²) in [6, 6.07) is 15.4. The predicted octanol–water partition coefficient (Wildman–Crippen LogP) is 2.81. The van der Waals surface area contributed by atoms with Crippen molar-refractivity contribution in [3.8, 4) is 6.07 Å². The van der Waals surface area contributed by atoms with Crippen molar-refractivity contribution in [2.45, 2.75) is 13.0 Å². The predicted molar refractivity (Wildman–Crippen MR) is 95.4 cm³/mol. The number of ether oxygens (including phenoxy) is 1. The SMILES string of the molecule is C[C@H](OC(=O)c1ccc(N(C)C)cc1)C(=O)Nc1cccc(C#N)c1. The number of carbonyl (C=O) groups is 2. The van der Waals surface area contributed by atoms with Gasteiger partial charge < -0.3 is 15.0 Å². The highest BCUT2D eigenvalue weighted by atomic mass is 16.5. The van der Waals surface area contributed by atoms with Crippen LogP contribution in [0.25, 0.3) is 0 Å². The third kappa shape index (κ3) is 4.82. The van der Waals surface area contributed by atoms with Crippen LogP contribution in [-0.2, 0) is 9.53 Å². The maximum atomic E-state index is 12.1. The Morgan fingerprint density at radius 2 is 1.84 bits per heavy atom. The quantitative estimate of drug-likeness (QED) is 0.848. The number of nitrogens with zero attached hydrogens (tertiary/aromatic N) is 2. The number of anilines is 2. The van der Waals surface area contributed by atoms with Gasteiger partial charge in [-0.3, -0.25) is 4.79 Å². The Labute approximate surface area is 146 Å². The summed E-state index contributed by atoms with van der Waals surface area (Å²) in [4.78, 5) is 26.2. The summed E-state index contributed by atoms with van der Waals surface area (Å²) in [6.45, 7) is 1.50. The van der Waals surface area contributed by atoms with E-state index in [0.717, 1.165) is 5.69 Å². The molecule has 0 aliphatic carbocycles. The Balaban J connectivity index is 1.98. The molecule has 128 valence electrons. The molecule has 1 atom stereocenters. The van der Waals surface area contributed by atoms with E-state index in [1.54, 1.807) is 48.5 Å². The van der Waals surface area contributed by atoms with E-state index in [-0.39, 0.29) is 0 Å². The van der Waals surface area contributed by atoms with E-state index in [2.05, 4.69) is 5.32 Å². The molecule has 0 aliphatic rings. The molecule has 2 rings (SSSR count). The maximum absolute atomic E-state index is 12.1. The fourth-order valence-corrected chi connectivity index (χ4v) is 2.09. The van der Waals surface area contributed by atoms with E-state index < -0.39 is 18.0 Å². The number of nitrogens with one attached hydrogen (secondary N) is 1. The summed E-state index contributed by atoms with van der Waals surface area (Å²) >= 11 is 0. The third-order valence-electron chi connectivity index (χ3n) is 3.53. The van der Waals surface area contributed by atoms with Gasteiger partial charge in [-0.15, -0.1) is 0 Å². The summed E-state index contributed by atoms with van der Waals surface area (Å²) in [5, 5.41) is 11.5. The molecule has 0 fully saturated rings.